The van der Waals surface area contributed by atoms with E-state index < -0.39 is 0 Å². The number of anilines is 1. The minimum Gasteiger partial charge on any atom is -0.396 e. The summed E-state index contributed by atoms with van der Waals surface area (Å²) < 4.78 is 1.68. The first-order valence-corrected chi connectivity index (χ1v) is 7.97. The van der Waals surface area contributed by atoms with E-state index in [1.54, 1.807) is 10.9 Å². The standard InChI is InChI=1S/C15H27N5O/c1-3-20-11-13(16)14(18-20)15(21)17-8-6-10-19-9-5-4-7-12(19)2/h11-12H,3-10,16H2,1-2H3,(H,17,21). The van der Waals surface area contributed by atoms with Gasteiger partial charge >= 0.3 is 0 Å². The lowest BCUT2D eigenvalue weighted by Gasteiger charge is -2.33. The molecule has 1 atom stereocenters. The quantitative estimate of drug-likeness (QED) is 0.779. The topological polar surface area (TPSA) is 76.2 Å². The maximum absolute atomic E-state index is 12.0. The SMILES string of the molecule is CCn1cc(N)c(C(=O)NCCCN2CCCCC2C)n1. The molecule has 1 unspecified atom stereocenters. The summed E-state index contributed by atoms with van der Waals surface area (Å²) in [7, 11) is 0. The zero-order valence-electron chi connectivity index (χ0n) is 13.1. The summed E-state index contributed by atoms with van der Waals surface area (Å²) in [5, 5.41) is 7.09. The monoisotopic (exact) mass is 293 g/mol. The van der Waals surface area contributed by atoms with Crippen molar-refractivity contribution in [2.24, 2.45) is 0 Å². The minimum atomic E-state index is -0.175. The number of aromatic nitrogens is 2. The number of carbonyl (C=O) groups excluding carboxylic acids is 1. The number of hydrogen-bond acceptors (Lipinski definition) is 4. The molecule has 0 aliphatic carbocycles. The molecule has 1 aliphatic heterocycles. The average Bonchev–Trinajstić information content (AvgIpc) is 2.86. The summed E-state index contributed by atoms with van der Waals surface area (Å²) in [6.07, 6.45) is 6.58. The Morgan fingerprint density at radius 2 is 2.33 bits per heavy atom. The molecule has 1 aliphatic rings. The van der Waals surface area contributed by atoms with Crippen molar-refractivity contribution in [3.8, 4) is 0 Å². The predicted octanol–water partition coefficient (Wildman–Crippen LogP) is 1.48. The van der Waals surface area contributed by atoms with E-state index in [2.05, 4.69) is 22.2 Å². The third-order valence-corrected chi connectivity index (χ3v) is 4.18. The fourth-order valence-electron chi connectivity index (χ4n) is 2.83. The molecule has 3 N–H and O–H groups in total. The molecule has 6 nitrogen and oxygen atoms in total. The number of aryl methyl sites for hydroxylation is 1. The van der Waals surface area contributed by atoms with Crippen molar-refractivity contribution < 1.29 is 4.79 Å². The van der Waals surface area contributed by atoms with Crippen molar-refractivity contribution in [3.05, 3.63) is 11.9 Å². The fraction of sp³-hybridized carbons (Fsp3) is 0.733. The molecule has 21 heavy (non-hydrogen) atoms. The predicted molar refractivity (Wildman–Crippen MR) is 84.1 cm³/mol. The fourth-order valence-corrected chi connectivity index (χ4v) is 2.83. The van der Waals surface area contributed by atoms with Crippen LogP contribution in [0.2, 0.25) is 0 Å². The van der Waals surface area contributed by atoms with Gasteiger partial charge in [0.15, 0.2) is 5.69 Å². The number of nitrogen functional groups attached to an aromatic ring is 1. The van der Waals surface area contributed by atoms with Crippen LogP contribution in [-0.2, 0) is 6.54 Å². The van der Waals surface area contributed by atoms with Crippen LogP contribution in [0, 0.1) is 0 Å². The zero-order chi connectivity index (χ0) is 15.2. The average molecular weight is 293 g/mol. The molecular formula is C15H27N5O. The van der Waals surface area contributed by atoms with Crippen molar-refractivity contribution in [2.75, 3.05) is 25.4 Å². The highest BCUT2D eigenvalue weighted by Gasteiger charge is 2.18. The van der Waals surface area contributed by atoms with Crippen LogP contribution >= 0.6 is 0 Å². The summed E-state index contributed by atoms with van der Waals surface area (Å²) in [5.74, 6) is -0.175. The van der Waals surface area contributed by atoms with Crippen LogP contribution in [0.4, 0.5) is 5.69 Å². The van der Waals surface area contributed by atoms with Gasteiger partial charge in [0.25, 0.3) is 5.91 Å². The Hall–Kier alpha value is -1.56. The van der Waals surface area contributed by atoms with Crippen LogP contribution < -0.4 is 11.1 Å². The molecule has 2 heterocycles. The van der Waals surface area contributed by atoms with Crippen LogP contribution in [0.25, 0.3) is 0 Å². The highest BCUT2D eigenvalue weighted by Crippen LogP contribution is 2.16. The van der Waals surface area contributed by atoms with Gasteiger partial charge < -0.3 is 16.0 Å². The summed E-state index contributed by atoms with van der Waals surface area (Å²) in [4.78, 5) is 14.5. The van der Waals surface area contributed by atoms with Crippen molar-refractivity contribution in [2.45, 2.75) is 52.1 Å². The Balaban J connectivity index is 1.72. The Kier molecular flexibility index (Phi) is 5.61. The van der Waals surface area contributed by atoms with E-state index >= 15 is 0 Å². The van der Waals surface area contributed by atoms with Crippen LogP contribution in [-0.4, -0.2) is 46.3 Å². The van der Waals surface area contributed by atoms with Crippen LogP contribution in [0.1, 0.15) is 50.0 Å². The van der Waals surface area contributed by atoms with Gasteiger partial charge in [0.2, 0.25) is 0 Å². The number of amides is 1. The van der Waals surface area contributed by atoms with Gasteiger partial charge in [0.1, 0.15) is 0 Å². The zero-order valence-corrected chi connectivity index (χ0v) is 13.1. The molecular weight excluding hydrogens is 266 g/mol. The molecule has 0 radical (unpaired) electrons. The maximum atomic E-state index is 12.0. The molecule has 0 bridgehead atoms. The third kappa shape index (κ3) is 4.20. The summed E-state index contributed by atoms with van der Waals surface area (Å²) in [6.45, 7) is 7.86. The van der Waals surface area contributed by atoms with Crippen molar-refractivity contribution in [1.29, 1.82) is 0 Å². The summed E-state index contributed by atoms with van der Waals surface area (Å²) >= 11 is 0. The lowest BCUT2D eigenvalue weighted by Crippen LogP contribution is -2.39. The van der Waals surface area contributed by atoms with Gasteiger partial charge in [-0.2, -0.15) is 5.10 Å². The number of piperidine rings is 1. The van der Waals surface area contributed by atoms with Crippen LogP contribution in [0.5, 0.6) is 0 Å². The highest BCUT2D eigenvalue weighted by molar-refractivity contribution is 5.96. The molecule has 0 aromatic carbocycles. The second-order valence-corrected chi connectivity index (χ2v) is 5.78. The molecule has 1 fully saturated rings. The van der Waals surface area contributed by atoms with Crippen molar-refractivity contribution >= 4 is 11.6 Å². The van der Waals surface area contributed by atoms with E-state index in [1.807, 2.05) is 6.92 Å². The number of nitrogens with zero attached hydrogens (tertiary/aromatic N) is 3. The molecule has 1 saturated heterocycles. The molecule has 2 rings (SSSR count). The third-order valence-electron chi connectivity index (χ3n) is 4.18. The van der Waals surface area contributed by atoms with Gasteiger partial charge in [-0.25, -0.2) is 0 Å². The normalized spacial score (nSPS) is 19.6. The van der Waals surface area contributed by atoms with Crippen molar-refractivity contribution in [3.63, 3.8) is 0 Å². The molecule has 6 heteroatoms. The van der Waals surface area contributed by atoms with E-state index in [0.717, 1.165) is 13.0 Å². The highest BCUT2D eigenvalue weighted by atomic mass is 16.1. The number of carbonyl (C=O) groups is 1. The number of likely N-dealkylation sites (tertiary alicyclic amines) is 1. The van der Waals surface area contributed by atoms with E-state index in [1.165, 1.54) is 25.8 Å². The molecule has 1 aromatic rings. The van der Waals surface area contributed by atoms with Gasteiger partial charge in [-0.3, -0.25) is 9.48 Å². The molecule has 1 amide bonds. The molecule has 118 valence electrons. The van der Waals surface area contributed by atoms with E-state index in [-0.39, 0.29) is 5.91 Å². The van der Waals surface area contributed by atoms with Gasteiger partial charge in [0, 0.05) is 31.9 Å². The maximum Gasteiger partial charge on any atom is 0.273 e. The van der Waals surface area contributed by atoms with E-state index in [0.29, 0.717) is 30.5 Å². The number of nitrogens with two attached hydrogens (primary N) is 1. The van der Waals surface area contributed by atoms with Crippen molar-refractivity contribution in [1.82, 2.24) is 20.0 Å². The van der Waals surface area contributed by atoms with Crippen LogP contribution in [0.15, 0.2) is 6.20 Å². The number of rotatable bonds is 6. The Bertz CT molecular complexity index is 471. The van der Waals surface area contributed by atoms with Gasteiger partial charge in [-0.05, 0) is 39.7 Å². The van der Waals surface area contributed by atoms with Crippen LogP contribution in [0.3, 0.4) is 0 Å². The number of hydrogen-bond donors (Lipinski definition) is 2. The lowest BCUT2D eigenvalue weighted by atomic mass is 10.0. The minimum absolute atomic E-state index is 0.175. The lowest BCUT2D eigenvalue weighted by molar-refractivity contribution is 0.0944. The molecule has 1 aromatic heterocycles. The second kappa shape index (κ2) is 7.45. The Morgan fingerprint density at radius 1 is 1.52 bits per heavy atom. The first-order valence-electron chi connectivity index (χ1n) is 7.97. The largest absolute Gasteiger partial charge is 0.396 e. The van der Waals surface area contributed by atoms with Gasteiger partial charge in [0.05, 0.1) is 5.69 Å². The number of nitrogens with one attached hydrogen (secondary N) is 1. The van der Waals surface area contributed by atoms with Gasteiger partial charge in [-0.1, -0.05) is 6.42 Å². The summed E-state index contributed by atoms with van der Waals surface area (Å²) in [6, 6.07) is 0.672. The van der Waals surface area contributed by atoms with Gasteiger partial charge in [-0.15, -0.1) is 0 Å². The molecule has 0 spiro atoms. The Morgan fingerprint density at radius 3 is 3.00 bits per heavy atom. The first-order chi connectivity index (χ1) is 10.1. The second-order valence-electron chi connectivity index (χ2n) is 5.78. The van der Waals surface area contributed by atoms with E-state index in [9.17, 15) is 4.79 Å². The molecule has 0 saturated carbocycles. The summed E-state index contributed by atoms with van der Waals surface area (Å²) in [5.41, 5.74) is 6.58. The van der Waals surface area contributed by atoms with E-state index in [4.69, 9.17) is 5.73 Å². The Labute approximate surface area is 126 Å². The first kappa shape index (κ1) is 15.8. The smallest absolute Gasteiger partial charge is 0.273 e.